The second-order valence-corrected chi connectivity index (χ2v) is 4.24. The van der Waals surface area contributed by atoms with Crippen molar-refractivity contribution in [3.8, 4) is 11.3 Å². The molecule has 1 aromatic heterocycles. The minimum Gasteiger partial charge on any atom is -0.461 e. The molecule has 0 unspecified atom stereocenters. The zero-order valence-electron chi connectivity index (χ0n) is 10.2. The highest BCUT2D eigenvalue weighted by Gasteiger charge is 2.30. The quantitative estimate of drug-likeness (QED) is 0.915. The molecule has 0 aliphatic rings. The highest BCUT2D eigenvalue weighted by Crippen LogP contribution is 2.32. The van der Waals surface area contributed by atoms with Gasteiger partial charge in [0, 0.05) is 12.0 Å². The van der Waals surface area contributed by atoms with E-state index in [0.717, 1.165) is 24.3 Å². The van der Waals surface area contributed by atoms with Gasteiger partial charge in [-0.15, -0.1) is 0 Å². The van der Waals surface area contributed by atoms with Gasteiger partial charge >= 0.3 is 6.18 Å². The second-order valence-electron chi connectivity index (χ2n) is 4.24. The predicted octanol–water partition coefficient (Wildman–Crippen LogP) is 3.86. The fourth-order valence-electron chi connectivity index (χ4n) is 1.79. The van der Waals surface area contributed by atoms with E-state index in [0.29, 0.717) is 24.3 Å². The molecule has 0 saturated carbocycles. The Balaban J connectivity index is 2.24. The van der Waals surface area contributed by atoms with Crippen molar-refractivity contribution >= 4 is 0 Å². The fourth-order valence-corrected chi connectivity index (χ4v) is 1.79. The monoisotopic (exact) mass is 269 g/mol. The van der Waals surface area contributed by atoms with Gasteiger partial charge in [0.2, 0.25) is 0 Å². The van der Waals surface area contributed by atoms with E-state index in [4.69, 9.17) is 10.2 Å². The third-order valence-corrected chi connectivity index (χ3v) is 2.76. The molecule has 0 aliphatic carbocycles. The van der Waals surface area contributed by atoms with Gasteiger partial charge in [0.15, 0.2) is 0 Å². The van der Waals surface area contributed by atoms with Crippen LogP contribution in [0.2, 0.25) is 0 Å². The van der Waals surface area contributed by atoms with E-state index in [1.165, 1.54) is 6.07 Å². The van der Waals surface area contributed by atoms with Crippen molar-refractivity contribution in [3.05, 3.63) is 47.7 Å². The first-order valence-electron chi connectivity index (χ1n) is 5.97. The maximum Gasteiger partial charge on any atom is 0.416 e. The highest BCUT2D eigenvalue weighted by molar-refractivity contribution is 5.58. The molecule has 0 fully saturated rings. The van der Waals surface area contributed by atoms with Gasteiger partial charge in [-0.3, -0.25) is 0 Å². The van der Waals surface area contributed by atoms with Crippen LogP contribution in [0, 0.1) is 0 Å². The maximum absolute atomic E-state index is 12.6. The van der Waals surface area contributed by atoms with Gasteiger partial charge in [-0.1, -0.05) is 12.1 Å². The van der Waals surface area contributed by atoms with Crippen LogP contribution in [0.5, 0.6) is 0 Å². The van der Waals surface area contributed by atoms with E-state index in [9.17, 15) is 13.2 Å². The van der Waals surface area contributed by atoms with Crippen LogP contribution in [0.25, 0.3) is 11.3 Å². The van der Waals surface area contributed by atoms with E-state index in [-0.39, 0.29) is 0 Å². The molecule has 0 saturated heterocycles. The molecule has 0 bridgehead atoms. The molecule has 0 atom stereocenters. The Morgan fingerprint density at radius 3 is 2.58 bits per heavy atom. The van der Waals surface area contributed by atoms with Crippen molar-refractivity contribution in [3.63, 3.8) is 0 Å². The van der Waals surface area contributed by atoms with Gasteiger partial charge < -0.3 is 10.2 Å². The summed E-state index contributed by atoms with van der Waals surface area (Å²) in [6.07, 6.45) is -2.87. The lowest BCUT2D eigenvalue weighted by Crippen LogP contribution is -2.04. The van der Waals surface area contributed by atoms with Crippen LogP contribution in [0.1, 0.15) is 17.7 Å². The zero-order valence-corrected chi connectivity index (χ0v) is 10.2. The third kappa shape index (κ3) is 3.38. The topological polar surface area (TPSA) is 39.2 Å². The molecule has 2 aromatic rings. The van der Waals surface area contributed by atoms with Crippen molar-refractivity contribution in [2.75, 3.05) is 6.54 Å². The first-order chi connectivity index (χ1) is 9.00. The average Bonchev–Trinajstić information content (AvgIpc) is 2.84. The Hall–Kier alpha value is -1.75. The molecule has 2 rings (SSSR count). The van der Waals surface area contributed by atoms with Crippen LogP contribution in [0.4, 0.5) is 13.2 Å². The summed E-state index contributed by atoms with van der Waals surface area (Å²) < 4.78 is 43.3. The molecular formula is C14H14F3NO. The van der Waals surface area contributed by atoms with E-state index in [1.54, 1.807) is 18.2 Å². The van der Waals surface area contributed by atoms with Gasteiger partial charge in [0.25, 0.3) is 0 Å². The largest absolute Gasteiger partial charge is 0.461 e. The number of hydrogen-bond donors (Lipinski definition) is 1. The Morgan fingerprint density at radius 1 is 1.11 bits per heavy atom. The molecule has 5 heteroatoms. The number of nitrogens with two attached hydrogens (primary N) is 1. The minimum atomic E-state index is -4.34. The summed E-state index contributed by atoms with van der Waals surface area (Å²) in [5.41, 5.74) is 5.14. The number of benzene rings is 1. The summed E-state index contributed by atoms with van der Waals surface area (Å²) in [4.78, 5) is 0. The van der Waals surface area contributed by atoms with Crippen LogP contribution in [-0.2, 0) is 12.6 Å². The zero-order chi connectivity index (χ0) is 13.9. The molecule has 102 valence electrons. The molecule has 19 heavy (non-hydrogen) atoms. The standard InChI is InChI=1S/C14H14F3NO/c15-14(16,17)11-4-1-3-10(9-11)13-7-6-12(19-13)5-2-8-18/h1,3-4,6-7,9H,2,5,8,18H2. The van der Waals surface area contributed by atoms with Crippen molar-refractivity contribution < 1.29 is 17.6 Å². The second kappa shape index (κ2) is 5.48. The van der Waals surface area contributed by atoms with E-state index in [1.807, 2.05) is 0 Å². The summed E-state index contributed by atoms with van der Waals surface area (Å²) in [7, 11) is 0. The summed E-state index contributed by atoms with van der Waals surface area (Å²) >= 11 is 0. The predicted molar refractivity (Wildman–Crippen MR) is 66.5 cm³/mol. The van der Waals surface area contributed by atoms with E-state index < -0.39 is 11.7 Å². The number of rotatable bonds is 4. The summed E-state index contributed by atoms with van der Waals surface area (Å²) in [6, 6.07) is 8.56. The molecular weight excluding hydrogens is 255 g/mol. The number of aryl methyl sites for hydroxylation is 1. The van der Waals surface area contributed by atoms with Crippen LogP contribution in [0.15, 0.2) is 40.8 Å². The molecule has 2 nitrogen and oxygen atoms in total. The smallest absolute Gasteiger partial charge is 0.416 e. The van der Waals surface area contributed by atoms with Gasteiger partial charge in [-0.05, 0) is 37.2 Å². The van der Waals surface area contributed by atoms with Crippen LogP contribution < -0.4 is 5.73 Å². The summed E-state index contributed by atoms with van der Waals surface area (Å²) in [5.74, 6) is 1.18. The molecule has 2 N–H and O–H groups in total. The Bertz CT molecular complexity index is 546. The van der Waals surface area contributed by atoms with E-state index in [2.05, 4.69) is 0 Å². The Morgan fingerprint density at radius 2 is 1.89 bits per heavy atom. The molecule has 1 heterocycles. The lowest BCUT2D eigenvalue weighted by atomic mass is 10.1. The van der Waals surface area contributed by atoms with Crippen molar-refractivity contribution in [2.24, 2.45) is 5.73 Å². The van der Waals surface area contributed by atoms with E-state index >= 15 is 0 Å². The first-order valence-corrected chi connectivity index (χ1v) is 5.97. The molecule has 1 aromatic carbocycles. The van der Waals surface area contributed by atoms with Gasteiger partial charge in [0.05, 0.1) is 5.56 Å². The average molecular weight is 269 g/mol. The molecule has 0 aliphatic heterocycles. The number of alkyl halides is 3. The minimum absolute atomic E-state index is 0.425. The molecule has 0 spiro atoms. The first kappa shape index (κ1) is 13.7. The summed E-state index contributed by atoms with van der Waals surface area (Å²) in [6.45, 7) is 0.555. The Kier molecular flexibility index (Phi) is 3.95. The van der Waals surface area contributed by atoms with Gasteiger partial charge in [0.1, 0.15) is 11.5 Å². The van der Waals surface area contributed by atoms with Crippen LogP contribution in [0.3, 0.4) is 0 Å². The lowest BCUT2D eigenvalue weighted by molar-refractivity contribution is -0.137. The SMILES string of the molecule is NCCCc1ccc(-c2cccc(C(F)(F)F)c2)o1. The van der Waals surface area contributed by atoms with Crippen LogP contribution in [-0.4, -0.2) is 6.54 Å². The third-order valence-electron chi connectivity index (χ3n) is 2.76. The van der Waals surface area contributed by atoms with Crippen molar-refractivity contribution in [1.29, 1.82) is 0 Å². The highest BCUT2D eigenvalue weighted by atomic mass is 19.4. The van der Waals surface area contributed by atoms with Crippen molar-refractivity contribution in [1.82, 2.24) is 0 Å². The Labute approximate surface area is 109 Å². The number of hydrogen-bond acceptors (Lipinski definition) is 2. The lowest BCUT2D eigenvalue weighted by Gasteiger charge is -2.07. The molecule has 0 radical (unpaired) electrons. The van der Waals surface area contributed by atoms with Crippen LogP contribution >= 0.6 is 0 Å². The fraction of sp³-hybridized carbons (Fsp3) is 0.286. The van der Waals surface area contributed by atoms with Crippen molar-refractivity contribution in [2.45, 2.75) is 19.0 Å². The molecule has 0 amide bonds. The maximum atomic E-state index is 12.6. The number of furan rings is 1. The normalized spacial score (nSPS) is 11.8. The number of halogens is 3. The van der Waals surface area contributed by atoms with Gasteiger partial charge in [-0.2, -0.15) is 13.2 Å². The summed E-state index contributed by atoms with van der Waals surface area (Å²) in [5, 5.41) is 0. The van der Waals surface area contributed by atoms with Gasteiger partial charge in [-0.25, -0.2) is 0 Å².